The van der Waals surface area contributed by atoms with Crippen molar-refractivity contribution in [2.45, 2.75) is 6.61 Å². The van der Waals surface area contributed by atoms with E-state index < -0.39 is 0 Å². The zero-order chi connectivity index (χ0) is 18.1. The van der Waals surface area contributed by atoms with Gasteiger partial charge in [-0.15, -0.1) is 0 Å². The Hall–Kier alpha value is -3.59. The van der Waals surface area contributed by atoms with Crippen LogP contribution >= 0.6 is 0 Å². The SMILES string of the molecule is c1ccc(COn2ccc3ncc(-c4ccc5ccccc5c4)cc32)cc1. The van der Waals surface area contributed by atoms with Gasteiger partial charge in [0, 0.05) is 18.0 Å². The van der Waals surface area contributed by atoms with Crippen LogP contribution in [0, 0.1) is 0 Å². The number of fused-ring (bicyclic) bond motifs is 2. The Labute approximate surface area is 157 Å². The van der Waals surface area contributed by atoms with E-state index in [0.29, 0.717) is 6.61 Å². The summed E-state index contributed by atoms with van der Waals surface area (Å²) in [5.41, 5.74) is 5.26. The summed E-state index contributed by atoms with van der Waals surface area (Å²) in [4.78, 5) is 10.6. The highest BCUT2D eigenvalue weighted by molar-refractivity contribution is 5.89. The molecule has 0 amide bonds. The summed E-state index contributed by atoms with van der Waals surface area (Å²) >= 11 is 0. The lowest BCUT2D eigenvalue weighted by molar-refractivity contribution is 0.107. The first-order chi connectivity index (χ1) is 13.4. The van der Waals surface area contributed by atoms with Gasteiger partial charge in [-0.05, 0) is 40.1 Å². The third kappa shape index (κ3) is 3.04. The van der Waals surface area contributed by atoms with Crippen LogP contribution in [-0.4, -0.2) is 9.71 Å². The van der Waals surface area contributed by atoms with Gasteiger partial charge in [0.25, 0.3) is 0 Å². The third-order valence-corrected chi connectivity index (χ3v) is 4.80. The molecule has 3 nitrogen and oxygen atoms in total. The molecule has 2 aromatic heterocycles. The Morgan fingerprint density at radius 3 is 2.44 bits per heavy atom. The first-order valence-corrected chi connectivity index (χ1v) is 9.00. The van der Waals surface area contributed by atoms with Crippen molar-refractivity contribution in [2.24, 2.45) is 0 Å². The molecule has 3 heteroatoms. The van der Waals surface area contributed by atoms with Gasteiger partial charge >= 0.3 is 0 Å². The van der Waals surface area contributed by atoms with Crippen LogP contribution in [0.5, 0.6) is 0 Å². The van der Waals surface area contributed by atoms with E-state index in [1.165, 1.54) is 10.8 Å². The fraction of sp³-hybridized carbons (Fsp3) is 0.0417. The van der Waals surface area contributed by atoms with E-state index in [9.17, 15) is 0 Å². The number of rotatable bonds is 4. The first kappa shape index (κ1) is 15.6. The standard InChI is InChI=1S/C24H18N2O/c1-2-6-18(7-3-1)17-27-26-13-12-23-24(26)15-22(16-25-23)21-11-10-19-8-4-5-9-20(19)14-21/h1-16H,17H2. The predicted octanol–water partition coefficient (Wildman–Crippen LogP) is 5.49. The van der Waals surface area contributed by atoms with Gasteiger partial charge in [0.15, 0.2) is 0 Å². The van der Waals surface area contributed by atoms with E-state index in [4.69, 9.17) is 4.84 Å². The summed E-state index contributed by atoms with van der Waals surface area (Å²) in [5, 5.41) is 2.47. The summed E-state index contributed by atoms with van der Waals surface area (Å²) in [5.74, 6) is 0. The average Bonchev–Trinajstić information content (AvgIpc) is 3.15. The van der Waals surface area contributed by atoms with Crippen molar-refractivity contribution in [3.8, 4) is 11.1 Å². The first-order valence-electron chi connectivity index (χ1n) is 9.00. The molecule has 0 spiro atoms. The van der Waals surface area contributed by atoms with E-state index in [1.807, 2.05) is 36.7 Å². The maximum Gasteiger partial charge on any atom is 0.140 e. The van der Waals surface area contributed by atoms with Crippen molar-refractivity contribution >= 4 is 21.8 Å². The largest absolute Gasteiger partial charge is 0.409 e. The fourth-order valence-corrected chi connectivity index (χ4v) is 3.34. The molecule has 0 aliphatic carbocycles. The van der Waals surface area contributed by atoms with Crippen molar-refractivity contribution in [1.29, 1.82) is 0 Å². The van der Waals surface area contributed by atoms with Gasteiger partial charge in [-0.25, -0.2) is 0 Å². The van der Waals surface area contributed by atoms with Gasteiger partial charge in [0.1, 0.15) is 12.1 Å². The minimum atomic E-state index is 0.519. The summed E-state index contributed by atoms with van der Waals surface area (Å²) in [7, 11) is 0. The number of hydrogen-bond acceptors (Lipinski definition) is 2. The number of hydrogen-bond donors (Lipinski definition) is 0. The van der Waals surface area contributed by atoms with E-state index >= 15 is 0 Å². The normalized spacial score (nSPS) is 11.1. The third-order valence-electron chi connectivity index (χ3n) is 4.80. The molecule has 0 unspecified atom stereocenters. The van der Waals surface area contributed by atoms with Crippen molar-refractivity contribution in [3.05, 3.63) is 103 Å². The topological polar surface area (TPSA) is 27.1 Å². The fourth-order valence-electron chi connectivity index (χ4n) is 3.34. The van der Waals surface area contributed by atoms with Gasteiger partial charge in [0.2, 0.25) is 0 Å². The molecule has 0 saturated carbocycles. The smallest absolute Gasteiger partial charge is 0.140 e. The molecule has 0 bridgehead atoms. The van der Waals surface area contributed by atoms with Crippen LogP contribution < -0.4 is 4.84 Å². The van der Waals surface area contributed by atoms with E-state index in [-0.39, 0.29) is 0 Å². The van der Waals surface area contributed by atoms with Gasteiger partial charge < -0.3 is 4.84 Å². The Balaban J connectivity index is 1.50. The summed E-state index contributed by atoms with van der Waals surface area (Å²) in [6, 6.07) is 29.2. The van der Waals surface area contributed by atoms with Crippen LogP contribution in [0.2, 0.25) is 0 Å². The van der Waals surface area contributed by atoms with Crippen LogP contribution in [-0.2, 0) is 6.61 Å². The highest BCUT2D eigenvalue weighted by Gasteiger charge is 2.07. The molecule has 0 radical (unpaired) electrons. The number of pyridine rings is 1. The van der Waals surface area contributed by atoms with Crippen LogP contribution in [0.1, 0.15) is 5.56 Å². The highest BCUT2D eigenvalue weighted by Crippen LogP contribution is 2.26. The molecule has 130 valence electrons. The van der Waals surface area contributed by atoms with Gasteiger partial charge in [0.05, 0.1) is 5.52 Å². The molecule has 0 atom stereocenters. The van der Waals surface area contributed by atoms with E-state index in [2.05, 4.69) is 65.6 Å². The molecule has 0 aliphatic heterocycles. The molecule has 5 aromatic rings. The van der Waals surface area contributed by atoms with Gasteiger partial charge in [-0.3, -0.25) is 4.98 Å². The summed E-state index contributed by atoms with van der Waals surface area (Å²) in [6.45, 7) is 0.519. The molecular weight excluding hydrogens is 332 g/mol. The minimum absolute atomic E-state index is 0.519. The summed E-state index contributed by atoms with van der Waals surface area (Å²) < 4.78 is 1.81. The average molecular weight is 350 g/mol. The van der Waals surface area contributed by atoms with Crippen molar-refractivity contribution in [3.63, 3.8) is 0 Å². The monoisotopic (exact) mass is 350 g/mol. The van der Waals surface area contributed by atoms with Crippen LogP contribution in [0.25, 0.3) is 32.9 Å². The number of nitrogens with zero attached hydrogens (tertiary/aromatic N) is 2. The van der Waals surface area contributed by atoms with Gasteiger partial charge in [-0.1, -0.05) is 66.7 Å². The van der Waals surface area contributed by atoms with Crippen molar-refractivity contribution in [2.75, 3.05) is 0 Å². The minimum Gasteiger partial charge on any atom is -0.409 e. The quantitative estimate of drug-likeness (QED) is 0.429. The van der Waals surface area contributed by atoms with Crippen LogP contribution in [0.3, 0.4) is 0 Å². The van der Waals surface area contributed by atoms with E-state index in [1.54, 1.807) is 4.73 Å². The predicted molar refractivity (Wildman–Crippen MR) is 109 cm³/mol. The Morgan fingerprint density at radius 1 is 0.741 bits per heavy atom. The maximum absolute atomic E-state index is 5.98. The second-order valence-electron chi connectivity index (χ2n) is 6.59. The molecule has 0 N–H and O–H groups in total. The lowest BCUT2D eigenvalue weighted by Gasteiger charge is -2.09. The lowest BCUT2D eigenvalue weighted by Crippen LogP contribution is -2.09. The Kier molecular flexibility index (Phi) is 3.83. The molecule has 0 aliphatic rings. The number of benzene rings is 3. The molecular formula is C24H18N2O. The summed E-state index contributed by atoms with van der Waals surface area (Å²) in [6.07, 6.45) is 3.85. The molecule has 2 heterocycles. The second kappa shape index (κ2) is 6.61. The maximum atomic E-state index is 5.98. The van der Waals surface area contributed by atoms with Crippen molar-refractivity contribution in [1.82, 2.24) is 9.71 Å². The zero-order valence-corrected chi connectivity index (χ0v) is 14.7. The van der Waals surface area contributed by atoms with Crippen molar-refractivity contribution < 1.29 is 4.84 Å². The Bertz CT molecular complexity index is 1230. The van der Waals surface area contributed by atoms with Crippen LogP contribution in [0.4, 0.5) is 0 Å². The van der Waals surface area contributed by atoms with Gasteiger partial charge in [-0.2, -0.15) is 4.73 Å². The molecule has 5 rings (SSSR count). The molecule has 0 saturated heterocycles. The zero-order valence-electron chi connectivity index (χ0n) is 14.7. The highest BCUT2D eigenvalue weighted by atomic mass is 16.7. The Morgan fingerprint density at radius 2 is 1.56 bits per heavy atom. The number of aromatic nitrogens is 2. The molecule has 27 heavy (non-hydrogen) atoms. The lowest BCUT2D eigenvalue weighted by atomic mass is 10.0. The van der Waals surface area contributed by atoms with E-state index in [0.717, 1.165) is 27.7 Å². The van der Waals surface area contributed by atoms with Crippen LogP contribution in [0.15, 0.2) is 97.3 Å². The molecule has 0 fully saturated rings. The second-order valence-corrected chi connectivity index (χ2v) is 6.59. The molecule has 3 aromatic carbocycles.